The van der Waals surface area contributed by atoms with Crippen molar-refractivity contribution in [1.29, 1.82) is 0 Å². The molecule has 176 valence electrons. The van der Waals surface area contributed by atoms with E-state index in [1.54, 1.807) is 18.9 Å². The topological polar surface area (TPSA) is 91.2 Å². The molecule has 1 N–H and O–H groups in total. The van der Waals surface area contributed by atoms with Crippen LogP contribution in [0.25, 0.3) is 16.4 Å². The van der Waals surface area contributed by atoms with Crippen LogP contribution >= 0.6 is 11.3 Å². The smallest absolute Gasteiger partial charge is 0.263 e. The largest absolute Gasteiger partial charge is 0.493 e. The fourth-order valence-corrected chi connectivity index (χ4v) is 4.62. The van der Waals surface area contributed by atoms with E-state index in [4.69, 9.17) is 9.47 Å². The first kappa shape index (κ1) is 23.4. The molecule has 1 amide bonds. The Hall–Kier alpha value is -3.72. The number of thiazole rings is 1. The lowest BCUT2D eigenvalue weighted by Gasteiger charge is -2.10. The molecule has 0 unspecified atom stereocenters. The number of aromatic nitrogens is 4. The van der Waals surface area contributed by atoms with Crippen LogP contribution in [0.15, 0.2) is 42.5 Å². The standard InChI is InChI=1S/C25H27N5O3S/c1-15-6-9-19(10-7-15)30-17(3)22(28-29-30)25-27-16(2)23(34-25)24(31)26-13-12-18-8-11-20(32-4)21(14-18)33-5/h6-11,14H,12-13H2,1-5H3,(H,26,31). The van der Waals surface area contributed by atoms with Crippen molar-refractivity contribution in [3.8, 4) is 27.9 Å². The number of carbonyl (C=O) groups is 1. The molecule has 2 aromatic heterocycles. The van der Waals surface area contributed by atoms with Crippen molar-refractivity contribution in [2.75, 3.05) is 20.8 Å². The molecular formula is C25H27N5O3S. The van der Waals surface area contributed by atoms with Crippen LogP contribution < -0.4 is 14.8 Å². The molecule has 4 aromatic rings. The second-order valence-corrected chi connectivity index (χ2v) is 8.90. The predicted octanol–water partition coefficient (Wildman–Crippen LogP) is 4.31. The average molecular weight is 478 g/mol. The molecule has 0 aliphatic rings. The van der Waals surface area contributed by atoms with Gasteiger partial charge in [-0.3, -0.25) is 4.79 Å². The van der Waals surface area contributed by atoms with Gasteiger partial charge in [0.25, 0.3) is 5.91 Å². The number of hydrogen-bond acceptors (Lipinski definition) is 7. The Labute approximate surface area is 202 Å². The van der Waals surface area contributed by atoms with E-state index < -0.39 is 0 Å². The van der Waals surface area contributed by atoms with Crippen molar-refractivity contribution in [3.63, 3.8) is 0 Å². The van der Waals surface area contributed by atoms with E-state index in [0.29, 0.717) is 45.7 Å². The second-order valence-electron chi connectivity index (χ2n) is 7.90. The van der Waals surface area contributed by atoms with Crippen LogP contribution in [-0.4, -0.2) is 46.6 Å². The Balaban J connectivity index is 1.45. The van der Waals surface area contributed by atoms with Crippen molar-refractivity contribution in [1.82, 2.24) is 25.3 Å². The fourth-order valence-electron chi connectivity index (χ4n) is 3.60. The van der Waals surface area contributed by atoms with Gasteiger partial charge in [-0.05, 0) is 57.0 Å². The summed E-state index contributed by atoms with van der Waals surface area (Å²) in [6.45, 7) is 6.32. The van der Waals surface area contributed by atoms with Crippen molar-refractivity contribution in [2.24, 2.45) is 0 Å². The molecule has 34 heavy (non-hydrogen) atoms. The Morgan fingerprint density at radius 3 is 2.47 bits per heavy atom. The third kappa shape index (κ3) is 4.79. The molecule has 9 heteroatoms. The number of benzene rings is 2. The number of rotatable bonds is 8. The van der Waals surface area contributed by atoms with Gasteiger partial charge >= 0.3 is 0 Å². The van der Waals surface area contributed by atoms with E-state index in [9.17, 15) is 4.79 Å². The molecule has 4 rings (SSSR count). The first-order valence-electron chi connectivity index (χ1n) is 10.9. The highest BCUT2D eigenvalue weighted by Crippen LogP contribution is 2.30. The van der Waals surface area contributed by atoms with Gasteiger partial charge in [0.2, 0.25) is 0 Å². The van der Waals surface area contributed by atoms with Crippen molar-refractivity contribution >= 4 is 17.2 Å². The number of hydrogen-bond donors (Lipinski definition) is 1. The summed E-state index contributed by atoms with van der Waals surface area (Å²) in [6, 6.07) is 13.8. The van der Waals surface area contributed by atoms with Crippen LogP contribution in [0.2, 0.25) is 0 Å². The highest BCUT2D eigenvalue weighted by molar-refractivity contribution is 7.17. The van der Waals surface area contributed by atoms with Gasteiger partial charge in [-0.1, -0.05) is 29.0 Å². The summed E-state index contributed by atoms with van der Waals surface area (Å²) in [5, 5.41) is 12.3. The number of nitrogens with zero attached hydrogens (tertiary/aromatic N) is 4. The normalized spacial score (nSPS) is 10.9. The highest BCUT2D eigenvalue weighted by atomic mass is 32.1. The van der Waals surface area contributed by atoms with Crippen LogP contribution in [0.3, 0.4) is 0 Å². The molecule has 0 aliphatic carbocycles. The van der Waals surface area contributed by atoms with Gasteiger partial charge in [-0.15, -0.1) is 16.4 Å². The third-order valence-electron chi connectivity index (χ3n) is 5.53. The minimum Gasteiger partial charge on any atom is -0.493 e. The molecule has 0 radical (unpaired) electrons. The number of methoxy groups -OCH3 is 2. The quantitative estimate of drug-likeness (QED) is 0.407. The molecule has 8 nitrogen and oxygen atoms in total. The van der Waals surface area contributed by atoms with E-state index in [-0.39, 0.29) is 5.91 Å². The van der Waals surface area contributed by atoms with Gasteiger partial charge in [0, 0.05) is 6.54 Å². The molecule has 0 saturated heterocycles. The number of carbonyl (C=O) groups excluding carboxylic acids is 1. The van der Waals surface area contributed by atoms with Gasteiger partial charge in [0.05, 0.1) is 31.3 Å². The number of ether oxygens (including phenoxy) is 2. The summed E-state index contributed by atoms with van der Waals surface area (Å²) in [6.07, 6.45) is 0.667. The van der Waals surface area contributed by atoms with E-state index in [2.05, 4.69) is 20.6 Å². The monoisotopic (exact) mass is 477 g/mol. The van der Waals surface area contributed by atoms with Crippen LogP contribution in [0.5, 0.6) is 11.5 Å². The Kier molecular flexibility index (Phi) is 6.93. The van der Waals surface area contributed by atoms with E-state index >= 15 is 0 Å². The van der Waals surface area contributed by atoms with E-state index in [0.717, 1.165) is 16.9 Å². The molecule has 2 heterocycles. The van der Waals surface area contributed by atoms with Gasteiger partial charge < -0.3 is 14.8 Å². The summed E-state index contributed by atoms with van der Waals surface area (Å²) in [7, 11) is 3.21. The van der Waals surface area contributed by atoms with Gasteiger partial charge in [0.1, 0.15) is 15.6 Å². The maximum atomic E-state index is 12.8. The zero-order valence-corrected chi connectivity index (χ0v) is 20.7. The summed E-state index contributed by atoms with van der Waals surface area (Å²) in [5.41, 5.74) is 5.38. The lowest BCUT2D eigenvalue weighted by atomic mass is 10.1. The lowest BCUT2D eigenvalue weighted by molar-refractivity contribution is 0.0957. The Bertz CT molecular complexity index is 1310. The summed E-state index contributed by atoms with van der Waals surface area (Å²) in [4.78, 5) is 18.0. The zero-order valence-electron chi connectivity index (χ0n) is 19.9. The lowest BCUT2D eigenvalue weighted by Crippen LogP contribution is -2.25. The van der Waals surface area contributed by atoms with Crippen LogP contribution in [-0.2, 0) is 6.42 Å². The van der Waals surface area contributed by atoms with Gasteiger partial charge in [0.15, 0.2) is 11.5 Å². The molecule has 2 aromatic carbocycles. The van der Waals surface area contributed by atoms with Crippen molar-refractivity contribution in [3.05, 3.63) is 69.9 Å². The van der Waals surface area contributed by atoms with Crippen molar-refractivity contribution < 1.29 is 14.3 Å². The maximum absolute atomic E-state index is 12.8. The molecule has 0 aliphatic heterocycles. The summed E-state index contributed by atoms with van der Waals surface area (Å²) in [5.74, 6) is 1.20. The van der Waals surface area contributed by atoms with E-state index in [1.165, 1.54) is 16.9 Å². The van der Waals surface area contributed by atoms with E-state index in [1.807, 2.05) is 63.2 Å². The first-order valence-corrected chi connectivity index (χ1v) is 11.7. The Morgan fingerprint density at radius 1 is 1.03 bits per heavy atom. The predicted molar refractivity (Wildman–Crippen MR) is 132 cm³/mol. The first-order chi connectivity index (χ1) is 16.4. The second kappa shape index (κ2) is 10.0. The molecule has 0 bridgehead atoms. The molecule has 0 fully saturated rings. The molecule has 0 spiro atoms. The fraction of sp³-hybridized carbons (Fsp3) is 0.280. The summed E-state index contributed by atoms with van der Waals surface area (Å²) < 4.78 is 12.4. The van der Waals surface area contributed by atoms with Gasteiger partial charge in [-0.2, -0.15) is 0 Å². The number of aryl methyl sites for hydroxylation is 2. The number of amides is 1. The van der Waals surface area contributed by atoms with Crippen LogP contribution in [0.1, 0.15) is 32.2 Å². The third-order valence-corrected chi connectivity index (χ3v) is 6.69. The average Bonchev–Trinajstić information content (AvgIpc) is 3.41. The Morgan fingerprint density at radius 2 is 1.76 bits per heavy atom. The maximum Gasteiger partial charge on any atom is 0.263 e. The zero-order chi connectivity index (χ0) is 24.2. The highest BCUT2D eigenvalue weighted by Gasteiger charge is 2.20. The minimum atomic E-state index is -0.148. The van der Waals surface area contributed by atoms with Crippen LogP contribution in [0, 0.1) is 20.8 Å². The molecule has 0 atom stereocenters. The van der Waals surface area contributed by atoms with Crippen molar-refractivity contribution in [2.45, 2.75) is 27.2 Å². The summed E-state index contributed by atoms with van der Waals surface area (Å²) >= 11 is 1.33. The molecule has 0 saturated carbocycles. The molecular weight excluding hydrogens is 450 g/mol. The van der Waals surface area contributed by atoms with Gasteiger partial charge in [-0.25, -0.2) is 9.67 Å². The SMILES string of the molecule is COc1ccc(CCNC(=O)c2sc(-c3nnn(-c4ccc(C)cc4)c3C)nc2C)cc1OC. The minimum absolute atomic E-state index is 0.148. The number of nitrogens with one attached hydrogen (secondary N) is 1. The van der Waals surface area contributed by atoms with Crippen LogP contribution in [0.4, 0.5) is 0 Å².